The number of likely N-dealkylation sites (tertiary alicyclic amines) is 1. The number of aliphatic hydroxyl groups excluding tert-OH is 1. The molecular weight excluding hydrogens is 240 g/mol. The summed E-state index contributed by atoms with van der Waals surface area (Å²) in [5.74, 6) is -1.25. The van der Waals surface area contributed by atoms with Crippen molar-refractivity contribution in [3.05, 3.63) is 0 Å². The van der Waals surface area contributed by atoms with Gasteiger partial charge >= 0.3 is 12.0 Å². The van der Waals surface area contributed by atoms with E-state index in [9.17, 15) is 9.59 Å². The molecule has 0 aromatic carbocycles. The monoisotopic (exact) mass is 260 g/mol. The number of piperidine rings is 1. The Morgan fingerprint density at radius 3 is 2.72 bits per heavy atom. The average molecular weight is 260 g/mol. The Morgan fingerprint density at radius 2 is 2.22 bits per heavy atom. The minimum absolute atomic E-state index is 0.395. The van der Waals surface area contributed by atoms with Crippen LogP contribution in [0, 0.1) is 0 Å². The number of aliphatic hydroxyl groups is 1. The van der Waals surface area contributed by atoms with Crippen LogP contribution in [-0.2, 0) is 9.53 Å². The number of aliphatic carboxylic acids is 1. The van der Waals surface area contributed by atoms with Crippen molar-refractivity contribution in [1.29, 1.82) is 0 Å². The van der Waals surface area contributed by atoms with Crippen LogP contribution in [0.2, 0.25) is 0 Å². The molecule has 1 saturated heterocycles. The summed E-state index contributed by atoms with van der Waals surface area (Å²) < 4.78 is 5.35. The van der Waals surface area contributed by atoms with Gasteiger partial charge in [-0.1, -0.05) is 0 Å². The highest BCUT2D eigenvalue weighted by atomic mass is 16.5. The van der Waals surface area contributed by atoms with Crippen LogP contribution in [0.5, 0.6) is 0 Å². The van der Waals surface area contributed by atoms with E-state index in [0.29, 0.717) is 13.1 Å². The van der Waals surface area contributed by atoms with E-state index in [2.05, 4.69) is 5.32 Å². The highest BCUT2D eigenvalue weighted by Crippen LogP contribution is 2.23. The Bertz CT molecular complexity index is 323. The second kappa shape index (κ2) is 6.01. The fourth-order valence-corrected chi connectivity index (χ4v) is 1.97. The zero-order valence-electron chi connectivity index (χ0n) is 10.7. The first kappa shape index (κ1) is 14.7. The lowest BCUT2D eigenvalue weighted by molar-refractivity contribution is -0.140. The van der Waals surface area contributed by atoms with Crippen LogP contribution in [0.3, 0.4) is 0 Å². The maximum atomic E-state index is 11.9. The smallest absolute Gasteiger partial charge is 0.328 e. The van der Waals surface area contributed by atoms with E-state index < -0.39 is 30.3 Å². The van der Waals surface area contributed by atoms with Crippen LogP contribution in [0.25, 0.3) is 0 Å². The highest BCUT2D eigenvalue weighted by Gasteiger charge is 2.34. The molecule has 0 bridgehead atoms. The van der Waals surface area contributed by atoms with Crippen molar-refractivity contribution in [2.24, 2.45) is 0 Å². The van der Waals surface area contributed by atoms with Gasteiger partial charge in [-0.25, -0.2) is 9.59 Å². The van der Waals surface area contributed by atoms with Crippen molar-refractivity contribution in [2.45, 2.75) is 31.4 Å². The third-order valence-electron chi connectivity index (χ3n) is 3.22. The Morgan fingerprint density at radius 1 is 1.56 bits per heavy atom. The number of urea groups is 1. The average Bonchev–Trinajstić information content (AvgIpc) is 2.35. The summed E-state index contributed by atoms with van der Waals surface area (Å²) >= 11 is 0. The molecule has 0 aromatic rings. The van der Waals surface area contributed by atoms with Gasteiger partial charge in [0.15, 0.2) is 6.04 Å². The topological polar surface area (TPSA) is 99.1 Å². The van der Waals surface area contributed by atoms with Crippen LogP contribution in [-0.4, -0.2) is 65.6 Å². The van der Waals surface area contributed by atoms with Crippen LogP contribution < -0.4 is 5.32 Å². The maximum Gasteiger partial charge on any atom is 0.328 e. The molecule has 0 spiro atoms. The number of ether oxygens (including phenoxy) is 1. The molecule has 1 aliphatic rings. The van der Waals surface area contributed by atoms with Gasteiger partial charge in [0, 0.05) is 13.7 Å². The summed E-state index contributed by atoms with van der Waals surface area (Å²) in [5.41, 5.74) is -0.395. The summed E-state index contributed by atoms with van der Waals surface area (Å²) in [5, 5.41) is 19.9. The van der Waals surface area contributed by atoms with Crippen molar-refractivity contribution < 1.29 is 24.5 Å². The number of carboxylic acid groups (broad SMARTS) is 1. The van der Waals surface area contributed by atoms with Gasteiger partial charge in [0.2, 0.25) is 0 Å². The number of carbonyl (C=O) groups excluding carboxylic acids is 1. The maximum absolute atomic E-state index is 11.9. The molecule has 1 aliphatic heterocycles. The molecule has 1 heterocycles. The molecule has 0 saturated carbocycles. The zero-order chi connectivity index (χ0) is 13.8. The predicted octanol–water partition coefficient (Wildman–Crippen LogP) is -0.358. The third-order valence-corrected chi connectivity index (χ3v) is 3.22. The van der Waals surface area contributed by atoms with E-state index in [0.717, 1.165) is 12.8 Å². The number of methoxy groups -OCH3 is 1. The van der Waals surface area contributed by atoms with Gasteiger partial charge in [-0.3, -0.25) is 0 Å². The standard InChI is InChI=1S/C11H20N2O5/c1-11(18-2)4-3-5-13(7-11)10(17)12-8(6-14)9(15)16/h8,14H,3-7H2,1-2H3,(H,12,17)(H,15,16). The number of amides is 2. The number of hydrogen-bond donors (Lipinski definition) is 3. The Balaban J connectivity index is 2.59. The molecule has 2 amide bonds. The van der Waals surface area contributed by atoms with Gasteiger partial charge in [0.05, 0.1) is 18.8 Å². The molecule has 1 fully saturated rings. The fraction of sp³-hybridized carbons (Fsp3) is 0.818. The lowest BCUT2D eigenvalue weighted by Crippen LogP contribution is -2.55. The van der Waals surface area contributed by atoms with E-state index in [1.807, 2.05) is 6.92 Å². The van der Waals surface area contributed by atoms with Gasteiger partial charge < -0.3 is 25.2 Å². The quantitative estimate of drug-likeness (QED) is 0.641. The zero-order valence-corrected chi connectivity index (χ0v) is 10.7. The van der Waals surface area contributed by atoms with Gasteiger partial charge in [-0.15, -0.1) is 0 Å². The van der Waals surface area contributed by atoms with E-state index in [-0.39, 0.29) is 0 Å². The lowest BCUT2D eigenvalue weighted by atomic mass is 9.95. The number of hydrogen-bond acceptors (Lipinski definition) is 4. The summed E-state index contributed by atoms with van der Waals surface area (Å²) in [6.45, 7) is 2.25. The van der Waals surface area contributed by atoms with E-state index in [4.69, 9.17) is 14.9 Å². The Kier molecular flexibility index (Phi) is 4.92. The van der Waals surface area contributed by atoms with Crippen molar-refractivity contribution in [2.75, 3.05) is 26.8 Å². The number of carbonyl (C=O) groups is 2. The third kappa shape index (κ3) is 3.58. The Labute approximate surface area is 106 Å². The second-order valence-corrected chi connectivity index (χ2v) is 4.70. The van der Waals surface area contributed by atoms with E-state index >= 15 is 0 Å². The van der Waals surface area contributed by atoms with Crippen molar-refractivity contribution in [3.8, 4) is 0 Å². The van der Waals surface area contributed by atoms with Crippen LogP contribution in [0.1, 0.15) is 19.8 Å². The molecule has 2 atom stereocenters. The van der Waals surface area contributed by atoms with Gasteiger partial charge in [0.1, 0.15) is 0 Å². The summed E-state index contributed by atoms with van der Waals surface area (Å²) in [4.78, 5) is 24.1. The highest BCUT2D eigenvalue weighted by molar-refractivity contribution is 5.82. The van der Waals surface area contributed by atoms with Crippen LogP contribution in [0.15, 0.2) is 0 Å². The van der Waals surface area contributed by atoms with Crippen molar-refractivity contribution in [3.63, 3.8) is 0 Å². The normalized spacial score (nSPS) is 25.6. The van der Waals surface area contributed by atoms with Crippen LogP contribution >= 0.6 is 0 Å². The van der Waals surface area contributed by atoms with Crippen LogP contribution in [0.4, 0.5) is 4.79 Å². The predicted molar refractivity (Wildman–Crippen MR) is 63.3 cm³/mol. The largest absolute Gasteiger partial charge is 0.480 e. The molecule has 7 nitrogen and oxygen atoms in total. The molecular formula is C11H20N2O5. The SMILES string of the molecule is COC1(C)CCCN(C(=O)NC(CO)C(=O)O)C1. The first-order valence-electron chi connectivity index (χ1n) is 5.86. The minimum Gasteiger partial charge on any atom is -0.480 e. The van der Waals surface area contributed by atoms with E-state index in [1.54, 1.807) is 7.11 Å². The molecule has 0 aromatic heterocycles. The van der Waals surface area contributed by atoms with Crippen molar-refractivity contribution in [1.82, 2.24) is 10.2 Å². The summed E-state index contributed by atoms with van der Waals surface area (Å²) in [6, 6.07) is -1.76. The van der Waals surface area contributed by atoms with Crippen molar-refractivity contribution >= 4 is 12.0 Å². The summed E-state index contributed by atoms with van der Waals surface area (Å²) in [6.07, 6.45) is 1.66. The van der Waals surface area contributed by atoms with Gasteiger partial charge in [-0.2, -0.15) is 0 Å². The molecule has 3 N–H and O–H groups in total. The molecule has 1 rings (SSSR count). The number of rotatable bonds is 4. The molecule has 2 unspecified atom stereocenters. The van der Waals surface area contributed by atoms with E-state index in [1.165, 1.54) is 4.90 Å². The first-order valence-corrected chi connectivity index (χ1v) is 5.86. The first-order chi connectivity index (χ1) is 8.41. The van der Waals surface area contributed by atoms with Gasteiger partial charge in [0.25, 0.3) is 0 Å². The minimum atomic E-state index is -1.27. The molecule has 0 aliphatic carbocycles. The lowest BCUT2D eigenvalue weighted by Gasteiger charge is -2.39. The molecule has 0 radical (unpaired) electrons. The number of nitrogens with one attached hydrogen (secondary N) is 1. The molecule has 104 valence electrons. The number of nitrogens with zero attached hydrogens (tertiary/aromatic N) is 1. The fourth-order valence-electron chi connectivity index (χ4n) is 1.97. The Hall–Kier alpha value is -1.34. The van der Waals surface area contributed by atoms with Gasteiger partial charge in [-0.05, 0) is 19.8 Å². The molecule has 18 heavy (non-hydrogen) atoms. The molecule has 7 heteroatoms. The second-order valence-electron chi connectivity index (χ2n) is 4.70. The summed E-state index contributed by atoms with van der Waals surface area (Å²) in [7, 11) is 1.59. The number of carboxylic acids is 1.